The number of aromatic nitrogens is 1. The number of hydrogen-bond donors (Lipinski definition) is 3. The maximum Gasteiger partial charge on any atom is 0.337 e. The van der Waals surface area contributed by atoms with Crippen molar-refractivity contribution in [2.24, 2.45) is 0 Å². The molecule has 0 saturated heterocycles. The molecule has 0 unspecified atom stereocenters. The van der Waals surface area contributed by atoms with Crippen molar-refractivity contribution in [3.8, 4) is 0 Å². The van der Waals surface area contributed by atoms with Gasteiger partial charge >= 0.3 is 12.0 Å². The quantitative estimate of drug-likeness (QED) is 0.670. The molecule has 2 amide bonds. The van der Waals surface area contributed by atoms with Crippen LogP contribution in [0.25, 0.3) is 0 Å². The first kappa shape index (κ1) is 15.9. The van der Waals surface area contributed by atoms with E-state index in [9.17, 15) is 14.7 Å². The van der Waals surface area contributed by atoms with Crippen LogP contribution in [0.5, 0.6) is 0 Å². The molecule has 1 aromatic carbocycles. The van der Waals surface area contributed by atoms with Gasteiger partial charge in [-0.1, -0.05) is 15.9 Å². The van der Waals surface area contributed by atoms with Crippen LogP contribution in [0.4, 0.5) is 15.6 Å². The molecule has 0 spiro atoms. The van der Waals surface area contributed by atoms with Crippen LogP contribution in [0, 0.1) is 6.92 Å². The highest BCUT2D eigenvalue weighted by atomic mass is 79.9. The number of hydrogen-bond acceptors (Lipinski definition) is 4. The van der Waals surface area contributed by atoms with Gasteiger partial charge in [0.1, 0.15) is 0 Å². The summed E-state index contributed by atoms with van der Waals surface area (Å²) >= 11 is 7.73. The third kappa shape index (κ3) is 4.02. The molecule has 0 atom stereocenters. The van der Waals surface area contributed by atoms with Gasteiger partial charge in [-0.3, -0.25) is 5.32 Å². The van der Waals surface area contributed by atoms with E-state index in [1.807, 2.05) is 6.92 Å². The lowest BCUT2D eigenvalue weighted by molar-refractivity contribution is 0.0698. The summed E-state index contributed by atoms with van der Waals surface area (Å²) in [4.78, 5) is 27.3. The van der Waals surface area contributed by atoms with Crippen LogP contribution in [0.15, 0.2) is 26.5 Å². The first-order valence-corrected chi connectivity index (χ1v) is 8.06. The molecule has 6 nitrogen and oxygen atoms in total. The van der Waals surface area contributed by atoms with Gasteiger partial charge in [-0.15, -0.1) is 11.3 Å². The molecule has 0 fully saturated rings. The fourth-order valence-electron chi connectivity index (χ4n) is 1.52. The number of carboxylic acids is 1. The largest absolute Gasteiger partial charge is 0.478 e. The van der Waals surface area contributed by atoms with E-state index in [1.54, 1.807) is 11.4 Å². The Morgan fingerprint density at radius 3 is 2.57 bits per heavy atom. The zero-order valence-electron chi connectivity index (χ0n) is 10.6. The minimum absolute atomic E-state index is 0.0262. The number of rotatable bonds is 3. The van der Waals surface area contributed by atoms with Gasteiger partial charge < -0.3 is 10.4 Å². The highest BCUT2D eigenvalue weighted by molar-refractivity contribution is 9.11. The van der Waals surface area contributed by atoms with Crippen molar-refractivity contribution in [3.63, 3.8) is 0 Å². The molecular formula is C12H9Br2N3O3S. The lowest BCUT2D eigenvalue weighted by Gasteiger charge is -2.11. The third-order valence-corrected chi connectivity index (χ3v) is 4.32. The average molecular weight is 435 g/mol. The summed E-state index contributed by atoms with van der Waals surface area (Å²) in [5.74, 6) is -1.14. The second-order valence-electron chi connectivity index (χ2n) is 3.99. The highest BCUT2D eigenvalue weighted by Crippen LogP contribution is 2.31. The molecule has 2 aromatic rings. The van der Waals surface area contributed by atoms with Gasteiger partial charge in [-0.05, 0) is 35.0 Å². The molecular weight excluding hydrogens is 426 g/mol. The summed E-state index contributed by atoms with van der Waals surface area (Å²) in [5.41, 5.74) is 0.949. The smallest absolute Gasteiger partial charge is 0.337 e. The Hall–Kier alpha value is -1.45. The number of carbonyl (C=O) groups excluding carboxylic acids is 1. The number of aromatic carboxylic acids is 1. The maximum absolute atomic E-state index is 11.9. The summed E-state index contributed by atoms with van der Waals surface area (Å²) in [6.07, 6.45) is 0. The van der Waals surface area contributed by atoms with Gasteiger partial charge in [0.2, 0.25) is 0 Å². The Morgan fingerprint density at radius 1 is 1.29 bits per heavy atom. The van der Waals surface area contributed by atoms with Crippen molar-refractivity contribution < 1.29 is 14.7 Å². The van der Waals surface area contributed by atoms with E-state index in [4.69, 9.17) is 0 Å². The van der Waals surface area contributed by atoms with E-state index in [2.05, 4.69) is 47.5 Å². The summed E-state index contributed by atoms with van der Waals surface area (Å²) in [7, 11) is 0. The molecule has 0 aliphatic carbocycles. The number of nitrogens with one attached hydrogen (secondary N) is 2. The van der Waals surface area contributed by atoms with Crippen LogP contribution in [0.2, 0.25) is 0 Å². The maximum atomic E-state index is 11.9. The second-order valence-corrected chi connectivity index (χ2v) is 6.62. The zero-order valence-corrected chi connectivity index (χ0v) is 14.6. The monoisotopic (exact) mass is 433 g/mol. The Bertz CT molecular complexity index is 718. The van der Waals surface area contributed by atoms with E-state index in [-0.39, 0.29) is 11.3 Å². The minimum atomic E-state index is -1.14. The number of anilines is 2. The first-order chi connectivity index (χ1) is 9.86. The standard InChI is InChI=1S/C12H9Br2N3O3S/c1-5-4-21-12(15-5)17-11(20)16-9-7(10(18)19)2-6(13)3-8(9)14/h2-4H,1H3,(H,18,19)(H2,15,16,17,20). The Morgan fingerprint density at radius 2 is 2.00 bits per heavy atom. The fourth-order valence-corrected chi connectivity index (χ4v) is 3.53. The van der Waals surface area contributed by atoms with Crippen molar-refractivity contribution in [1.82, 2.24) is 4.98 Å². The van der Waals surface area contributed by atoms with Crippen molar-refractivity contribution >= 4 is 66.0 Å². The topological polar surface area (TPSA) is 91.3 Å². The molecule has 21 heavy (non-hydrogen) atoms. The van der Waals surface area contributed by atoms with Gasteiger partial charge in [0, 0.05) is 14.3 Å². The normalized spacial score (nSPS) is 10.2. The predicted molar refractivity (Wildman–Crippen MR) is 88.3 cm³/mol. The molecule has 0 saturated carbocycles. The predicted octanol–water partition coefficient (Wildman–Crippen LogP) is 4.32. The minimum Gasteiger partial charge on any atom is -0.478 e. The number of nitrogens with zero attached hydrogens (tertiary/aromatic N) is 1. The lowest BCUT2D eigenvalue weighted by atomic mass is 10.2. The molecule has 1 heterocycles. The average Bonchev–Trinajstić information content (AvgIpc) is 2.77. The third-order valence-electron chi connectivity index (χ3n) is 2.36. The van der Waals surface area contributed by atoms with Gasteiger partial charge in [0.15, 0.2) is 5.13 Å². The molecule has 9 heteroatoms. The molecule has 0 aliphatic rings. The fraction of sp³-hybridized carbons (Fsp3) is 0.0833. The molecule has 1 aromatic heterocycles. The molecule has 110 valence electrons. The molecule has 0 bridgehead atoms. The number of halogens is 2. The number of thiazole rings is 1. The second kappa shape index (κ2) is 6.54. The molecule has 0 aliphatic heterocycles. The van der Waals surface area contributed by atoms with Crippen LogP contribution in [-0.2, 0) is 0 Å². The zero-order chi connectivity index (χ0) is 15.6. The summed E-state index contributed by atoms with van der Waals surface area (Å²) in [6.45, 7) is 1.81. The Kier molecular flexibility index (Phi) is 4.96. The summed E-state index contributed by atoms with van der Waals surface area (Å²) in [6, 6.07) is 2.50. The molecule has 3 N–H and O–H groups in total. The number of amides is 2. The van der Waals surface area contributed by atoms with Gasteiger partial charge in [-0.2, -0.15) is 0 Å². The molecule has 2 rings (SSSR count). The Balaban J connectivity index is 2.22. The van der Waals surface area contributed by atoms with E-state index in [0.717, 1.165) is 5.69 Å². The number of benzene rings is 1. The van der Waals surface area contributed by atoms with Crippen LogP contribution in [0.3, 0.4) is 0 Å². The number of carboxylic acid groups (broad SMARTS) is 1. The summed E-state index contributed by atoms with van der Waals surface area (Å²) < 4.78 is 1.05. The van der Waals surface area contributed by atoms with E-state index >= 15 is 0 Å². The van der Waals surface area contributed by atoms with Crippen molar-refractivity contribution in [2.45, 2.75) is 6.92 Å². The van der Waals surface area contributed by atoms with Gasteiger partial charge in [0.05, 0.1) is 16.9 Å². The van der Waals surface area contributed by atoms with Crippen molar-refractivity contribution in [3.05, 3.63) is 37.7 Å². The van der Waals surface area contributed by atoms with Crippen molar-refractivity contribution in [1.29, 1.82) is 0 Å². The van der Waals surface area contributed by atoms with Crippen LogP contribution < -0.4 is 10.6 Å². The van der Waals surface area contributed by atoms with E-state index < -0.39 is 12.0 Å². The number of urea groups is 1. The van der Waals surface area contributed by atoms with Gasteiger partial charge in [0.25, 0.3) is 0 Å². The highest BCUT2D eigenvalue weighted by Gasteiger charge is 2.17. The number of carbonyl (C=O) groups is 2. The van der Waals surface area contributed by atoms with Crippen LogP contribution in [0.1, 0.15) is 16.1 Å². The van der Waals surface area contributed by atoms with Gasteiger partial charge in [-0.25, -0.2) is 14.6 Å². The van der Waals surface area contributed by atoms with E-state index in [0.29, 0.717) is 14.1 Å². The van der Waals surface area contributed by atoms with Crippen LogP contribution in [-0.4, -0.2) is 22.1 Å². The Labute approximate surface area is 140 Å². The first-order valence-electron chi connectivity index (χ1n) is 5.59. The SMILES string of the molecule is Cc1csc(NC(=O)Nc2c(Br)cc(Br)cc2C(=O)O)n1. The lowest BCUT2D eigenvalue weighted by Crippen LogP contribution is -2.21. The summed E-state index contributed by atoms with van der Waals surface area (Å²) in [5, 5.41) is 16.5. The molecule has 0 radical (unpaired) electrons. The number of aryl methyl sites for hydroxylation is 1. The van der Waals surface area contributed by atoms with Crippen molar-refractivity contribution in [2.75, 3.05) is 10.6 Å². The van der Waals surface area contributed by atoms with Crippen LogP contribution >= 0.6 is 43.2 Å². The van der Waals surface area contributed by atoms with E-state index in [1.165, 1.54) is 17.4 Å².